The predicted octanol–water partition coefficient (Wildman–Crippen LogP) is 5.05. The Morgan fingerprint density at radius 1 is 1.05 bits per heavy atom. The fraction of sp³-hybridized carbons (Fsp3) is 0.176. The lowest BCUT2D eigenvalue weighted by Crippen LogP contribution is -2.08. The lowest BCUT2D eigenvalue weighted by Gasteiger charge is -2.14. The molecule has 110 valence electrons. The summed E-state index contributed by atoms with van der Waals surface area (Å²) in [6, 6.07) is 13.4. The van der Waals surface area contributed by atoms with Crippen molar-refractivity contribution in [2.45, 2.75) is 19.1 Å². The number of alkyl halides is 3. The fourth-order valence-corrected chi connectivity index (χ4v) is 2.06. The van der Waals surface area contributed by atoms with Crippen molar-refractivity contribution in [3.8, 4) is 0 Å². The van der Waals surface area contributed by atoms with Gasteiger partial charge in [0, 0.05) is 12.2 Å². The van der Waals surface area contributed by atoms with Crippen LogP contribution in [0, 0.1) is 0 Å². The van der Waals surface area contributed by atoms with E-state index in [2.05, 4.69) is 11.9 Å². The molecular formula is C17H16F3N. The van der Waals surface area contributed by atoms with Gasteiger partial charge in [-0.1, -0.05) is 36.4 Å². The number of benzene rings is 2. The summed E-state index contributed by atoms with van der Waals surface area (Å²) in [5, 5.41) is 3.18. The second kappa shape index (κ2) is 6.48. The molecule has 0 fully saturated rings. The van der Waals surface area contributed by atoms with Crippen molar-refractivity contribution < 1.29 is 13.2 Å². The molecule has 0 unspecified atom stereocenters. The van der Waals surface area contributed by atoms with Crippen LogP contribution < -0.4 is 5.32 Å². The average Bonchev–Trinajstić information content (AvgIpc) is 2.46. The first-order valence-corrected chi connectivity index (χ1v) is 6.59. The molecule has 0 atom stereocenters. The molecule has 2 rings (SSSR count). The standard InChI is InChI=1S/C17H16F3N/c1-2-6-14-11-15(17(18,19)20)9-10-16(14)21-12-13-7-4-3-5-8-13/h2-5,7-11,21H,1,6,12H2. The zero-order valence-corrected chi connectivity index (χ0v) is 11.5. The van der Waals surface area contributed by atoms with Crippen molar-refractivity contribution in [3.05, 3.63) is 77.9 Å². The summed E-state index contributed by atoms with van der Waals surface area (Å²) in [5.41, 5.74) is 1.73. The minimum Gasteiger partial charge on any atom is -0.381 e. The van der Waals surface area contributed by atoms with Gasteiger partial charge < -0.3 is 5.32 Å². The molecule has 0 spiro atoms. The fourth-order valence-electron chi connectivity index (χ4n) is 2.06. The van der Waals surface area contributed by atoms with Crippen molar-refractivity contribution in [2.75, 3.05) is 5.32 Å². The Bertz CT molecular complexity index is 603. The highest BCUT2D eigenvalue weighted by Gasteiger charge is 2.30. The largest absolute Gasteiger partial charge is 0.416 e. The molecule has 0 bridgehead atoms. The molecule has 0 saturated carbocycles. The van der Waals surface area contributed by atoms with Crippen molar-refractivity contribution in [2.24, 2.45) is 0 Å². The van der Waals surface area contributed by atoms with Crippen LogP contribution >= 0.6 is 0 Å². The Balaban J connectivity index is 2.20. The third kappa shape index (κ3) is 4.12. The minimum absolute atomic E-state index is 0.390. The van der Waals surface area contributed by atoms with Gasteiger partial charge in [-0.3, -0.25) is 0 Å². The number of nitrogens with one attached hydrogen (secondary N) is 1. The van der Waals surface area contributed by atoms with Gasteiger partial charge in [-0.05, 0) is 35.7 Å². The average molecular weight is 291 g/mol. The van der Waals surface area contributed by atoms with Crippen LogP contribution in [0.4, 0.5) is 18.9 Å². The highest BCUT2D eigenvalue weighted by atomic mass is 19.4. The van der Waals surface area contributed by atoms with Gasteiger partial charge in [0.15, 0.2) is 0 Å². The summed E-state index contributed by atoms with van der Waals surface area (Å²) < 4.78 is 38.2. The van der Waals surface area contributed by atoms with Crippen molar-refractivity contribution in [1.29, 1.82) is 0 Å². The molecule has 4 heteroatoms. The Hall–Kier alpha value is -2.23. The van der Waals surface area contributed by atoms with Crippen molar-refractivity contribution >= 4 is 5.69 Å². The molecule has 0 aliphatic heterocycles. The molecule has 1 nitrogen and oxygen atoms in total. The molecular weight excluding hydrogens is 275 g/mol. The van der Waals surface area contributed by atoms with Gasteiger partial charge in [0.05, 0.1) is 5.56 Å². The summed E-state index contributed by atoms with van der Waals surface area (Å²) in [5.74, 6) is 0. The SMILES string of the molecule is C=CCc1cc(C(F)(F)F)ccc1NCc1ccccc1. The van der Waals surface area contributed by atoms with Crippen LogP contribution in [0.1, 0.15) is 16.7 Å². The van der Waals surface area contributed by atoms with Crippen molar-refractivity contribution in [3.63, 3.8) is 0 Å². The molecule has 0 radical (unpaired) electrons. The van der Waals surface area contributed by atoms with Crippen LogP contribution in [-0.4, -0.2) is 0 Å². The van der Waals surface area contributed by atoms with Crippen LogP contribution in [0.15, 0.2) is 61.2 Å². The first-order chi connectivity index (χ1) is 10.0. The summed E-state index contributed by atoms with van der Waals surface area (Å²) in [4.78, 5) is 0. The second-order valence-electron chi connectivity index (χ2n) is 4.70. The maximum absolute atomic E-state index is 12.7. The number of anilines is 1. The Labute approximate surface area is 122 Å². The lowest BCUT2D eigenvalue weighted by molar-refractivity contribution is -0.137. The molecule has 1 N–H and O–H groups in total. The first kappa shape index (κ1) is 15.2. The van der Waals surface area contributed by atoms with E-state index >= 15 is 0 Å². The Morgan fingerprint density at radius 2 is 1.76 bits per heavy atom. The first-order valence-electron chi connectivity index (χ1n) is 6.59. The third-order valence-corrected chi connectivity index (χ3v) is 3.12. The predicted molar refractivity (Wildman–Crippen MR) is 79.1 cm³/mol. The van der Waals surface area contributed by atoms with E-state index in [1.54, 1.807) is 6.08 Å². The van der Waals surface area contributed by atoms with E-state index in [1.807, 2.05) is 30.3 Å². The van der Waals surface area contributed by atoms with Gasteiger partial charge in [0.25, 0.3) is 0 Å². The van der Waals surface area contributed by atoms with Crippen LogP contribution in [0.3, 0.4) is 0 Å². The summed E-state index contributed by atoms with van der Waals surface area (Å²) in [6.45, 7) is 4.16. The Morgan fingerprint density at radius 3 is 2.38 bits per heavy atom. The van der Waals surface area contributed by atoms with Gasteiger partial charge in [-0.25, -0.2) is 0 Å². The number of rotatable bonds is 5. The summed E-state index contributed by atoms with van der Waals surface area (Å²) in [6.07, 6.45) is -2.34. The summed E-state index contributed by atoms with van der Waals surface area (Å²) in [7, 11) is 0. The molecule has 0 amide bonds. The molecule has 2 aromatic carbocycles. The normalized spacial score (nSPS) is 11.2. The molecule has 0 aliphatic carbocycles. The topological polar surface area (TPSA) is 12.0 Å². The van der Waals surface area contributed by atoms with Gasteiger partial charge >= 0.3 is 6.18 Å². The van der Waals surface area contributed by atoms with Gasteiger partial charge in [0.2, 0.25) is 0 Å². The van der Waals surface area contributed by atoms with Crippen LogP contribution in [0.5, 0.6) is 0 Å². The maximum atomic E-state index is 12.7. The van der Waals surface area contributed by atoms with Gasteiger partial charge in [-0.2, -0.15) is 13.2 Å². The number of hydrogen-bond acceptors (Lipinski definition) is 1. The van der Waals surface area contributed by atoms with Gasteiger partial charge in [0.1, 0.15) is 0 Å². The minimum atomic E-state index is -4.33. The molecule has 0 saturated heterocycles. The molecule has 0 aromatic heterocycles. The quantitative estimate of drug-likeness (QED) is 0.760. The highest BCUT2D eigenvalue weighted by Crippen LogP contribution is 2.32. The maximum Gasteiger partial charge on any atom is 0.416 e. The third-order valence-electron chi connectivity index (χ3n) is 3.12. The van der Waals surface area contributed by atoms with Crippen LogP contribution in [-0.2, 0) is 19.1 Å². The number of hydrogen-bond donors (Lipinski definition) is 1. The zero-order chi connectivity index (χ0) is 15.3. The van der Waals surface area contributed by atoms with Crippen LogP contribution in [0.2, 0.25) is 0 Å². The monoisotopic (exact) mass is 291 g/mol. The Kier molecular flexibility index (Phi) is 4.68. The summed E-state index contributed by atoms with van der Waals surface area (Å²) >= 11 is 0. The van der Waals surface area contributed by atoms with E-state index in [4.69, 9.17) is 0 Å². The molecule has 21 heavy (non-hydrogen) atoms. The van der Waals surface area contributed by atoms with E-state index in [9.17, 15) is 13.2 Å². The smallest absolute Gasteiger partial charge is 0.381 e. The van der Waals surface area contributed by atoms with E-state index in [1.165, 1.54) is 12.1 Å². The number of halogens is 3. The number of allylic oxidation sites excluding steroid dienone is 1. The van der Waals surface area contributed by atoms with E-state index in [0.717, 1.165) is 11.6 Å². The van der Waals surface area contributed by atoms with E-state index < -0.39 is 11.7 Å². The van der Waals surface area contributed by atoms with Crippen LogP contribution in [0.25, 0.3) is 0 Å². The second-order valence-corrected chi connectivity index (χ2v) is 4.70. The van der Waals surface area contributed by atoms with Gasteiger partial charge in [-0.15, -0.1) is 6.58 Å². The van der Waals surface area contributed by atoms with Crippen molar-refractivity contribution in [1.82, 2.24) is 0 Å². The molecule has 0 aliphatic rings. The highest BCUT2D eigenvalue weighted by molar-refractivity contribution is 5.54. The molecule has 0 heterocycles. The lowest BCUT2D eigenvalue weighted by atomic mass is 10.0. The van der Waals surface area contributed by atoms with E-state index in [-0.39, 0.29) is 0 Å². The van der Waals surface area contributed by atoms with E-state index in [0.29, 0.717) is 24.2 Å². The molecule has 2 aromatic rings. The zero-order valence-electron chi connectivity index (χ0n) is 11.5.